The molecule has 1 aromatic heterocycles. The van der Waals surface area contributed by atoms with E-state index < -0.39 is 12.4 Å². The first-order chi connectivity index (χ1) is 20.6. The predicted octanol–water partition coefficient (Wildman–Crippen LogP) is 6.78. The Morgan fingerprint density at radius 3 is 2.47 bits per heavy atom. The van der Waals surface area contributed by atoms with E-state index >= 15 is 0 Å². The number of nitrogens with one attached hydrogen (secondary N) is 1. The molecule has 2 heterocycles. The molecule has 3 aromatic carbocycles. The van der Waals surface area contributed by atoms with Gasteiger partial charge in [0.25, 0.3) is 0 Å². The van der Waals surface area contributed by atoms with Crippen LogP contribution in [0.15, 0.2) is 78.0 Å². The number of benzene rings is 3. The zero-order chi connectivity index (χ0) is 30.6. The van der Waals surface area contributed by atoms with Crippen molar-refractivity contribution < 1.29 is 27.4 Å². The molecular formula is C30H29F3N6O3S. The van der Waals surface area contributed by atoms with Crippen LogP contribution in [0.25, 0.3) is 17.1 Å². The Balaban J connectivity index is 1.20. The Morgan fingerprint density at radius 2 is 1.79 bits per heavy atom. The molecule has 43 heavy (non-hydrogen) atoms. The third kappa shape index (κ3) is 7.47. The van der Waals surface area contributed by atoms with Gasteiger partial charge >= 0.3 is 12.4 Å². The van der Waals surface area contributed by atoms with E-state index in [0.29, 0.717) is 16.7 Å². The molecule has 224 valence electrons. The van der Waals surface area contributed by atoms with Gasteiger partial charge < -0.3 is 19.7 Å². The normalized spacial score (nSPS) is 14.4. The smallest absolute Gasteiger partial charge is 0.497 e. The number of hydrogen-bond acceptors (Lipinski definition) is 6. The number of aromatic nitrogens is 3. The monoisotopic (exact) mass is 610 g/mol. The fourth-order valence-electron chi connectivity index (χ4n) is 4.48. The van der Waals surface area contributed by atoms with Crippen LogP contribution in [-0.4, -0.2) is 51.7 Å². The van der Waals surface area contributed by atoms with E-state index in [4.69, 9.17) is 4.74 Å². The van der Waals surface area contributed by atoms with Gasteiger partial charge in [0, 0.05) is 30.1 Å². The van der Waals surface area contributed by atoms with Crippen molar-refractivity contribution in [3.05, 3.63) is 84.2 Å². The number of urea groups is 1. The van der Waals surface area contributed by atoms with Gasteiger partial charge in [-0.1, -0.05) is 49.9 Å². The number of methoxy groups -OCH3 is 1. The first-order valence-corrected chi connectivity index (χ1v) is 14.4. The number of nitrogens with zero attached hydrogens (tertiary/aromatic N) is 5. The molecule has 1 N–H and O–H groups in total. The lowest BCUT2D eigenvalue weighted by Gasteiger charge is -2.23. The number of thioether (sulfide) groups is 1. The summed E-state index contributed by atoms with van der Waals surface area (Å²) in [5.41, 5.74) is 4.28. The van der Waals surface area contributed by atoms with Crippen LogP contribution in [0.2, 0.25) is 0 Å². The quantitative estimate of drug-likeness (QED) is 0.235. The maximum Gasteiger partial charge on any atom is 0.573 e. The molecule has 0 bridgehead atoms. The van der Waals surface area contributed by atoms with Gasteiger partial charge in [-0.15, -0.1) is 18.3 Å². The second-order valence-electron chi connectivity index (χ2n) is 9.88. The van der Waals surface area contributed by atoms with Crippen molar-refractivity contribution in [3.63, 3.8) is 0 Å². The predicted molar refractivity (Wildman–Crippen MR) is 160 cm³/mol. The van der Waals surface area contributed by atoms with E-state index in [9.17, 15) is 18.0 Å². The van der Waals surface area contributed by atoms with Crippen LogP contribution in [-0.2, 0) is 6.54 Å². The largest absolute Gasteiger partial charge is 0.573 e. The average molecular weight is 611 g/mol. The van der Waals surface area contributed by atoms with Crippen LogP contribution in [0.3, 0.4) is 0 Å². The van der Waals surface area contributed by atoms with Gasteiger partial charge in [-0.2, -0.15) is 4.99 Å². The first kappa shape index (κ1) is 30.0. The molecule has 0 atom stereocenters. The summed E-state index contributed by atoms with van der Waals surface area (Å²) in [6, 6.07) is 18.2. The van der Waals surface area contributed by atoms with Crippen LogP contribution in [0, 0.1) is 0 Å². The van der Waals surface area contributed by atoms with Gasteiger partial charge in [0.05, 0.1) is 12.8 Å². The molecule has 13 heteroatoms. The first-order valence-electron chi connectivity index (χ1n) is 13.4. The van der Waals surface area contributed by atoms with Crippen molar-refractivity contribution in [1.82, 2.24) is 20.1 Å². The molecular weight excluding hydrogens is 581 g/mol. The maximum atomic E-state index is 12.7. The highest BCUT2D eigenvalue weighted by atomic mass is 32.2. The molecule has 4 aromatic rings. The molecule has 0 spiro atoms. The van der Waals surface area contributed by atoms with Crippen LogP contribution >= 0.6 is 11.8 Å². The SMILES string of the molecule is COc1ccc(N2CCSC2=NC(=O)NCc2ccc(-c3ncn(-c4ccc(OC(F)(F)F)cc4)n3)cc2)c(C(C)C)c1. The number of hydrogen-bond donors (Lipinski definition) is 1. The Bertz CT molecular complexity index is 1600. The number of rotatable bonds is 8. The number of amidine groups is 1. The van der Waals surface area contributed by atoms with E-state index in [1.54, 1.807) is 18.9 Å². The number of ether oxygens (including phenoxy) is 2. The van der Waals surface area contributed by atoms with Crippen LogP contribution < -0.4 is 19.7 Å². The summed E-state index contributed by atoms with van der Waals surface area (Å²) in [6.45, 7) is 5.29. The van der Waals surface area contributed by atoms with Gasteiger partial charge in [0.2, 0.25) is 0 Å². The molecule has 0 aliphatic carbocycles. The molecule has 0 saturated carbocycles. The molecule has 2 amide bonds. The molecule has 0 radical (unpaired) electrons. The third-order valence-corrected chi connectivity index (χ3v) is 7.56. The lowest BCUT2D eigenvalue weighted by atomic mass is 10.00. The number of amides is 2. The second-order valence-corrected chi connectivity index (χ2v) is 10.9. The molecule has 0 unspecified atom stereocenters. The summed E-state index contributed by atoms with van der Waals surface area (Å²) in [4.78, 5) is 23.5. The van der Waals surface area contributed by atoms with Gasteiger partial charge in [-0.25, -0.2) is 14.5 Å². The van der Waals surface area contributed by atoms with Gasteiger partial charge in [-0.05, 0) is 59.5 Å². The van der Waals surface area contributed by atoms with Crippen molar-refractivity contribution in [1.29, 1.82) is 0 Å². The summed E-state index contributed by atoms with van der Waals surface area (Å²) < 4.78 is 48.0. The van der Waals surface area contributed by atoms with E-state index in [2.05, 4.69) is 43.9 Å². The third-order valence-electron chi connectivity index (χ3n) is 6.60. The lowest BCUT2D eigenvalue weighted by Crippen LogP contribution is -2.28. The Labute approximate surface area is 250 Å². The van der Waals surface area contributed by atoms with Crippen LogP contribution in [0.5, 0.6) is 11.5 Å². The van der Waals surface area contributed by atoms with Crippen LogP contribution in [0.4, 0.5) is 23.7 Å². The van der Waals surface area contributed by atoms with Crippen LogP contribution in [0.1, 0.15) is 30.9 Å². The maximum absolute atomic E-state index is 12.7. The lowest BCUT2D eigenvalue weighted by molar-refractivity contribution is -0.274. The fraction of sp³-hybridized carbons (Fsp3) is 0.267. The van der Waals surface area contributed by atoms with Crippen molar-refractivity contribution in [2.45, 2.75) is 32.7 Å². The van der Waals surface area contributed by atoms with E-state index in [1.165, 1.54) is 35.3 Å². The minimum atomic E-state index is -4.75. The zero-order valence-electron chi connectivity index (χ0n) is 23.6. The van der Waals surface area contributed by atoms with E-state index in [1.807, 2.05) is 42.5 Å². The average Bonchev–Trinajstić information content (AvgIpc) is 3.66. The number of anilines is 1. The Morgan fingerprint density at radius 1 is 1.07 bits per heavy atom. The standard InChI is InChI=1S/C30H29F3N6O3S/c1-19(2)25-16-24(41-3)12-13-26(25)38-14-15-43-29(38)36-28(40)34-17-20-4-6-21(7-5-20)27-35-18-39(37-27)22-8-10-23(11-9-22)42-30(31,32)33/h4-13,16,18-19H,14-15,17H2,1-3H3,(H,34,40). The summed E-state index contributed by atoms with van der Waals surface area (Å²) >= 11 is 1.54. The fourth-order valence-corrected chi connectivity index (χ4v) is 5.43. The topological polar surface area (TPSA) is 93.9 Å². The highest BCUT2D eigenvalue weighted by Crippen LogP contribution is 2.35. The van der Waals surface area contributed by atoms with Gasteiger partial charge in [0.15, 0.2) is 11.0 Å². The van der Waals surface area contributed by atoms with Gasteiger partial charge in [-0.3, -0.25) is 0 Å². The van der Waals surface area contributed by atoms with Crippen molar-refractivity contribution in [2.24, 2.45) is 4.99 Å². The highest BCUT2D eigenvalue weighted by Gasteiger charge is 2.31. The summed E-state index contributed by atoms with van der Waals surface area (Å²) in [6.07, 6.45) is -3.28. The van der Waals surface area contributed by atoms with E-state index in [-0.39, 0.29) is 18.2 Å². The number of carbonyl (C=O) groups is 1. The molecule has 5 rings (SSSR count). The molecule has 1 fully saturated rings. The molecule has 1 aliphatic heterocycles. The summed E-state index contributed by atoms with van der Waals surface area (Å²) in [7, 11) is 1.65. The number of alkyl halides is 3. The summed E-state index contributed by atoms with van der Waals surface area (Å²) in [5, 5.41) is 7.93. The number of aliphatic imine (C=N–C) groups is 1. The summed E-state index contributed by atoms with van der Waals surface area (Å²) in [5.74, 6) is 2.01. The minimum Gasteiger partial charge on any atom is -0.497 e. The van der Waals surface area contributed by atoms with Gasteiger partial charge in [0.1, 0.15) is 17.8 Å². The molecule has 1 saturated heterocycles. The Kier molecular flexibility index (Phi) is 8.90. The molecule has 1 aliphatic rings. The Hall–Kier alpha value is -4.52. The molecule has 9 nitrogen and oxygen atoms in total. The number of halogens is 3. The second kappa shape index (κ2) is 12.8. The van der Waals surface area contributed by atoms with Crippen molar-refractivity contribution >= 4 is 28.6 Å². The van der Waals surface area contributed by atoms with E-state index in [0.717, 1.165) is 40.4 Å². The van der Waals surface area contributed by atoms with Crippen molar-refractivity contribution in [2.75, 3.05) is 24.3 Å². The number of carbonyl (C=O) groups excluding carboxylic acids is 1. The zero-order valence-corrected chi connectivity index (χ0v) is 24.4. The highest BCUT2D eigenvalue weighted by molar-refractivity contribution is 8.14. The minimum absolute atomic E-state index is 0.269. The van der Waals surface area contributed by atoms with Crippen molar-refractivity contribution in [3.8, 4) is 28.6 Å².